The third kappa shape index (κ3) is 6.45. The molecule has 2 aromatic rings. The van der Waals surface area contributed by atoms with Gasteiger partial charge >= 0.3 is 12.2 Å². The van der Waals surface area contributed by atoms with Crippen molar-refractivity contribution in [2.24, 2.45) is 0 Å². The minimum Gasteiger partial charge on any atom is -0.481 e. The van der Waals surface area contributed by atoms with Crippen LogP contribution in [-0.4, -0.2) is 36.8 Å². The summed E-state index contributed by atoms with van der Waals surface area (Å²) in [5.74, 6) is -0.474. The lowest BCUT2D eigenvalue weighted by Crippen LogP contribution is -2.33. The van der Waals surface area contributed by atoms with Gasteiger partial charge in [-0.3, -0.25) is 4.79 Å². The van der Waals surface area contributed by atoms with Crippen LogP contribution >= 0.6 is 0 Å². The number of amides is 3. The van der Waals surface area contributed by atoms with Crippen molar-refractivity contribution >= 4 is 17.6 Å². The van der Waals surface area contributed by atoms with Crippen molar-refractivity contribution < 1.29 is 27.5 Å². The number of aromatic nitrogens is 1. The third-order valence-corrected chi connectivity index (χ3v) is 3.66. The molecule has 3 amide bonds. The Balaban J connectivity index is 1.98. The lowest BCUT2D eigenvalue weighted by atomic mass is 10.1. The maximum atomic E-state index is 12.2. The van der Waals surface area contributed by atoms with Crippen LogP contribution in [0.1, 0.15) is 21.5 Å². The van der Waals surface area contributed by atoms with Crippen LogP contribution in [0.5, 0.6) is 5.88 Å². The summed E-state index contributed by atoms with van der Waals surface area (Å²) in [6, 6.07) is 7.07. The van der Waals surface area contributed by atoms with Crippen LogP contribution in [0.4, 0.5) is 23.7 Å². The van der Waals surface area contributed by atoms with Crippen molar-refractivity contribution in [1.82, 2.24) is 15.6 Å². The third-order valence-electron chi connectivity index (χ3n) is 3.66. The van der Waals surface area contributed by atoms with Gasteiger partial charge in [0.05, 0.1) is 7.11 Å². The second-order valence-electron chi connectivity index (χ2n) is 5.84. The molecule has 0 spiro atoms. The SMILES string of the molecule is COc1cc(CNC(=O)Nc2cc(C(=O)NCC(F)(F)F)ccc2C)ccn1. The number of urea groups is 1. The fourth-order valence-electron chi connectivity index (χ4n) is 2.20. The van der Waals surface area contributed by atoms with Crippen LogP contribution in [-0.2, 0) is 6.54 Å². The molecule has 10 heteroatoms. The summed E-state index contributed by atoms with van der Waals surface area (Å²) in [6.07, 6.45) is -2.96. The van der Waals surface area contributed by atoms with Crippen molar-refractivity contribution in [1.29, 1.82) is 0 Å². The maximum Gasteiger partial charge on any atom is 0.405 e. The summed E-state index contributed by atoms with van der Waals surface area (Å²) in [6.45, 7) is 0.467. The van der Waals surface area contributed by atoms with Gasteiger partial charge in [0.25, 0.3) is 5.91 Å². The highest BCUT2D eigenvalue weighted by atomic mass is 19.4. The Morgan fingerprint density at radius 1 is 1.14 bits per heavy atom. The average molecular weight is 396 g/mol. The van der Waals surface area contributed by atoms with Gasteiger partial charge in [0, 0.05) is 30.1 Å². The van der Waals surface area contributed by atoms with Crippen LogP contribution < -0.4 is 20.7 Å². The summed E-state index contributed by atoms with van der Waals surface area (Å²) >= 11 is 0. The van der Waals surface area contributed by atoms with Gasteiger partial charge in [0.15, 0.2) is 0 Å². The van der Waals surface area contributed by atoms with Gasteiger partial charge < -0.3 is 20.7 Å². The number of hydrogen-bond donors (Lipinski definition) is 3. The molecule has 0 bridgehead atoms. The van der Waals surface area contributed by atoms with Gasteiger partial charge in [0.1, 0.15) is 6.54 Å². The van der Waals surface area contributed by atoms with Crippen LogP contribution in [0.2, 0.25) is 0 Å². The van der Waals surface area contributed by atoms with Crippen LogP contribution in [0, 0.1) is 6.92 Å². The number of benzene rings is 1. The molecule has 0 atom stereocenters. The van der Waals surface area contributed by atoms with Crippen LogP contribution in [0.15, 0.2) is 36.5 Å². The van der Waals surface area contributed by atoms with E-state index in [0.717, 1.165) is 5.56 Å². The molecule has 1 heterocycles. The molecule has 0 aliphatic heterocycles. The minimum absolute atomic E-state index is 0.00372. The molecular weight excluding hydrogens is 377 g/mol. The van der Waals surface area contributed by atoms with Crippen molar-refractivity contribution in [3.05, 3.63) is 53.2 Å². The zero-order valence-electron chi connectivity index (χ0n) is 15.2. The molecule has 2 rings (SSSR count). The molecule has 0 aliphatic carbocycles. The molecule has 0 radical (unpaired) electrons. The number of pyridine rings is 1. The number of hydrogen-bond acceptors (Lipinski definition) is 4. The van der Waals surface area contributed by atoms with E-state index in [9.17, 15) is 22.8 Å². The second kappa shape index (κ2) is 9.07. The van der Waals surface area contributed by atoms with Crippen molar-refractivity contribution in [2.75, 3.05) is 19.0 Å². The van der Waals surface area contributed by atoms with E-state index < -0.39 is 24.7 Å². The maximum absolute atomic E-state index is 12.2. The van der Waals surface area contributed by atoms with E-state index in [1.54, 1.807) is 30.6 Å². The highest BCUT2D eigenvalue weighted by Crippen LogP contribution is 2.18. The number of anilines is 1. The number of alkyl halides is 3. The molecule has 0 aliphatic rings. The predicted octanol–water partition coefficient (Wildman–Crippen LogP) is 3.01. The number of nitrogens with zero attached hydrogens (tertiary/aromatic N) is 1. The molecular formula is C18H19F3N4O3. The van der Waals surface area contributed by atoms with E-state index in [-0.39, 0.29) is 12.1 Å². The molecule has 3 N–H and O–H groups in total. The number of halogens is 3. The normalized spacial score (nSPS) is 10.9. The van der Waals surface area contributed by atoms with Gasteiger partial charge in [-0.1, -0.05) is 6.07 Å². The minimum atomic E-state index is -4.50. The molecule has 0 saturated heterocycles. The van der Waals surface area contributed by atoms with Crippen molar-refractivity contribution in [3.63, 3.8) is 0 Å². The van der Waals surface area contributed by atoms with Crippen LogP contribution in [0.25, 0.3) is 0 Å². The zero-order valence-corrected chi connectivity index (χ0v) is 15.2. The molecule has 0 fully saturated rings. The number of ether oxygens (including phenoxy) is 1. The summed E-state index contributed by atoms with van der Waals surface area (Å²) < 4.78 is 41.7. The largest absolute Gasteiger partial charge is 0.481 e. The Hall–Kier alpha value is -3.30. The van der Waals surface area contributed by atoms with Gasteiger partial charge in [0.2, 0.25) is 5.88 Å². The van der Waals surface area contributed by atoms with E-state index in [1.165, 1.54) is 25.3 Å². The topological polar surface area (TPSA) is 92.4 Å². The highest BCUT2D eigenvalue weighted by molar-refractivity contribution is 5.97. The fourth-order valence-corrected chi connectivity index (χ4v) is 2.20. The zero-order chi connectivity index (χ0) is 20.7. The average Bonchev–Trinajstić information content (AvgIpc) is 2.65. The Kier molecular flexibility index (Phi) is 6.80. The molecule has 150 valence electrons. The molecule has 7 nitrogen and oxygen atoms in total. The first-order valence-corrected chi connectivity index (χ1v) is 8.17. The highest BCUT2D eigenvalue weighted by Gasteiger charge is 2.28. The van der Waals surface area contributed by atoms with E-state index in [4.69, 9.17) is 4.74 Å². The summed E-state index contributed by atoms with van der Waals surface area (Å²) in [4.78, 5) is 27.9. The first-order chi connectivity index (χ1) is 13.2. The number of carbonyl (C=O) groups is 2. The quantitative estimate of drug-likeness (QED) is 0.700. The van der Waals surface area contributed by atoms with Crippen molar-refractivity contribution in [2.45, 2.75) is 19.6 Å². The summed E-state index contributed by atoms with van der Waals surface area (Å²) in [7, 11) is 1.48. The number of aryl methyl sites for hydroxylation is 1. The lowest BCUT2D eigenvalue weighted by Gasteiger charge is -2.13. The van der Waals surface area contributed by atoms with Gasteiger partial charge in [-0.25, -0.2) is 9.78 Å². The standard InChI is InChI=1S/C18H19F3N4O3/c1-11-3-4-13(16(26)24-10-18(19,20)21)8-14(11)25-17(27)23-9-12-5-6-22-15(7-12)28-2/h3-8H,9-10H2,1-2H3,(H,24,26)(H2,23,25,27). The number of methoxy groups -OCH3 is 1. The van der Waals surface area contributed by atoms with E-state index in [2.05, 4.69) is 15.6 Å². The van der Waals surface area contributed by atoms with Gasteiger partial charge in [-0.2, -0.15) is 13.2 Å². The Labute approximate surface area is 159 Å². The molecule has 0 unspecified atom stereocenters. The fraction of sp³-hybridized carbons (Fsp3) is 0.278. The molecule has 1 aromatic carbocycles. The number of carbonyl (C=O) groups excluding carboxylic acids is 2. The predicted molar refractivity (Wildman–Crippen MR) is 96.2 cm³/mol. The Bertz CT molecular complexity index is 856. The van der Waals surface area contributed by atoms with E-state index >= 15 is 0 Å². The number of rotatable bonds is 6. The van der Waals surface area contributed by atoms with Gasteiger partial charge in [-0.15, -0.1) is 0 Å². The molecule has 28 heavy (non-hydrogen) atoms. The molecule has 1 aromatic heterocycles. The first-order valence-electron chi connectivity index (χ1n) is 8.17. The molecule has 0 saturated carbocycles. The summed E-state index contributed by atoms with van der Waals surface area (Å²) in [5, 5.41) is 7.00. The van der Waals surface area contributed by atoms with E-state index in [0.29, 0.717) is 17.1 Å². The smallest absolute Gasteiger partial charge is 0.405 e. The first kappa shape index (κ1) is 21.0. The van der Waals surface area contributed by atoms with E-state index in [1.807, 2.05) is 0 Å². The summed E-state index contributed by atoms with van der Waals surface area (Å²) in [5.41, 5.74) is 1.72. The van der Waals surface area contributed by atoms with Crippen LogP contribution in [0.3, 0.4) is 0 Å². The monoisotopic (exact) mass is 396 g/mol. The van der Waals surface area contributed by atoms with Gasteiger partial charge in [-0.05, 0) is 36.2 Å². The Morgan fingerprint density at radius 2 is 1.89 bits per heavy atom. The number of nitrogens with one attached hydrogen (secondary N) is 3. The Morgan fingerprint density at radius 3 is 2.57 bits per heavy atom. The second-order valence-corrected chi connectivity index (χ2v) is 5.84. The lowest BCUT2D eigenvalue weighted by molar-refractivity contribution is -0.123. The van der Waals surface area contributed by atoms with Crippen molar-refractivity contribution in [3.8, 4) is 5.88 Å².